The van der Waals surface area contributed by atoms with Crippen molar-refractivity contribution in [2.45, 2.75) is 53.4 Å². The molecule has 0 spiro atoms. The van der Waals surface area contributed by atoms with Crippen molar-refractivity contribution < 1.29 is 4.74 Å². The Morgan fingerprint density at radius 3 is 2.39 bits per heavy atom. The number of hydrogen-bond donors (Lipinski definition) is 0. The summed E-state index contributed by atoms with van der Waals surface area (Å²) in [6.07, 6.45) is 6.91. The van der Waals surface area contributed by atoms with Crippen molar-refractivity contribution in [2.24, 2.45) is 4.99 Å². The van der Waals surface area contributed by atoms with Crippen LogP contribution in [0.2, 0.25) is 0 Å². The number of nitrogens with zero attached hydrogens (tertiary/aromatic N) is 1. The summed E-state index contributed by atoms with van der Waals surface area (Å²) in [5.41, 5.74) is 3.62. The Balaban J connectivity index is 2.00. The summed E-state index contributed by atoms with van der Waals surface area (Å²) in [5.74, 6) is 0.973. The van der Waals surface area contributed by atoms with Crippen molar-refractivity contribution >= 4 is 22.6 Å². The molecule has 0 aliphatic heterocycles. The van der Waals surface area contributed by atoms with Crippen molar-refractivity contribution in [3.63, 3.8) is 0 Å². The maximum Gasteiger partial charge on any atom is 0.119 e. The van der Waals surface area contributed by atoms with Crippen molar-refractivity contribution in [2.75, 3.05) is 6.61 Å². The van der Waals surface area contributed by atoms with Gasteiger partial charge in [0.2, 0.25) is 0 Å². The van der Waals surface area contributed by atoms with E-state index >= 15 is 0 Å². The molecule has 1 heterocycles. The molecule has 124 valence electrons. The van der Waals surface area contributed by atoms with Gasteiger partial charge in [0.15, 0.2) is 0 Å². The van der Waals surface area contributed by atoms with Crippen LogP contribution < -0.4 is 4.74 Å². The van der Waals surface area contributed by atoms with Crippen LogP contribution in [0.1, 0.15) is 54.2 Å². The number of aryl methyl sites for hydroxylation is 3. The normalized spacial score (nSPS) is 11.3. The van der Waals surface area contributed by atoms with Crippen LogP contribution in [0, 0.1) is 20.8 Å². The van der Waals surface area contributed by atoms with E-state index in [4.69, 9.17) is 4.74 Å². The molecule has 0 unspecified atom stereocenters. The summed E-state index contributed by atoms with van der Waals surface area (Å²) in [6.45, 7) is 9.38. The smallest absolute Gasteiger partial charge is 0.119 e. The standard InChI is InChI=1S/C20H27NOS/c1-5-6-7-8-11-22-18-12-15(2)19(16(3)13-18)14-21-20-10-9-17(4)23-20/h9-10,12-14H,5-8,11H2,1-4H3/b21-14+. The minimum absolute atomic E-state index is 0.806. The molecule has 0 atom stereocenters. The van der Waals surface area contributed by atoms with Crippen LogP contribution in [0.15, 0.2) is 29.3 Å². The van der Waals surface area contributed by atoms with Crippen molar-refractivity contribution in [3.8, 4) is 5.75 Å². The van der Waals surface area contributed by atoms with Gasteiger partial charge in [-0.1, -0.05) is 26.2 Å². The average Bonchev–Trinajstić information content (AvgIpc) is 2.92. The van der Waals surface area contributed by atoms with Crippen molar-refractivity contribution in [3.05, 3.63) is 45.8 Å². The van der Waals surface area contributed by atoms with Crippen LogP contribution in [0.3, 0.4) is 0 Å². The zero-order chi connectivity index (χ0) is 16.7. The summed E-state index contributed by atoms with van der Waals surface area (Å²) in [7, 11) is 0. The number of unbranched alkanes of at least 4 members (excludes halogenated alkanes) is 3. The van der Waals surface area contributed by atoms with E-state index in [2.05, 4.69) is 57.0 Å². The zero-order valence-corrected chi connectivity index (χ0v) is 15.5. The zero-order valence-electron chi connectivity index (χ0n) is 14.7. The second kappa shape index (κ2) is 8.88. The molecule has 1 aromatic heterocycles. The maximum atomic E-state index is 5.89. The lowest BCUT2D eigenvalue weighted by molar-refractivity contribution is 0.304. The molecule has 2 nitrogen and oxygen atoms in total. The summed E-state index contributed by atoms with van der Waals surface area (Å²) in [5, 5.41) is 1.05. The molecule has 3 heteroatoms. The fourth-order valence-corrected chi connectivity index (χ4v) is 3.27. The fourth-order valence-electron chi connectivity index (χ4n) is 2.56. The highest BCUT2D eigenvalue weighted by atomic mass is 32.1. The first-order valence-corrected chi connectivity index (χ1v) is 9.26. The largest absolute Gasteiger partial charge is 0.494 e. The molecule has 0 fully saturated rings. The lowest BCUT2D eigenvalue weighted by Crippen LogP contribution is -2.00. The molecule has 0 radical (unpaired) electrons. The summed E-state index contributed by atoms with van der Waals surface area (Å²) < 4.78 is 5.89. The van der Waals surface area contributed by atoms with Gasteiger partial charge in [-0.2, -0.15) is 0 Å². The number of benzene rings is 1. The highest BCUT2D eigenvalue weighted by Crippen LogP contribution is 2.25. The number of thiophene rings is 1. The molecule has 0 amide bonds. The van der Waals surface area contributed by atoms with Crippen LogP contribution >= 0.6 is 11.3 Å². The average molecular weight is 330 g/mol. The Kier molecular flexibility index (Phi) is 6.85. The van der Waals surface area contributed by atoms with E-state index < -0.39 is 0 Å². The fraction of sp³-hybridized carbons (Fsp3) is 0.450. The van der Waals surface area contributed by atoms with Gasteiger partial charge >= 0.3 is 0 Å². The molecule has 1 aromatic carbocycles. The Hall–Kier alpha value is -1.61. The lowest BCUT2D eigenvalue weighted by atomic mass is 10.0. The minimum Gasteiger partial charge on any atom is -0.494 e. The number of aliphatic imine (C=N–C) groups is 1. The number of rotatable bonds is 8. The van der Waals surface area contributed by atoms with E-state index in [9.17, 15) is 0 Å². The Bertz CT molecular complexity index is 634. The summed E-state index contributed by atoms with van der Waals surface area (Å²) >= 11 is 1.72. The molecule has 0 aliphatic carbocycles. The number of hydrogen-bond acceptors (Lipinski definition) is 3. The van der Waals surface area contributed by atoms with Gasteiger partial charge in [0.05, 0.1) is 6.61 Å². The Morgan fingerprint density at radius 2 is 1.78 bits per heavy atom. The molecule has 0 aliphatic rings. The van der Waals surface area contributed by atoms with Gasteiger partial charge in [0.25, 0.3) is 0 Å². The monoisotopic (exact) mass is 329 g/mol. The predicted octanol–water partition coefficient (Wildman–Crippen LogP) is 6.38. The second-order valence-corrected chi connectivity index (χ2v) is 7.29. The van der Waals surface area contributed by atoms with Crippen molar-refractivity contribution in [1.29, 1.82) is 0 Å². The van der Waals surface area contributed by atoms with Gasteiger partial charge in [0, 0.05) is 11.1 Å². The van der Waals surface area contributed by atoms with E-state index in [1.807, 2.05) is 6.21 Å². The first-order valence-electron chi connectivity index (χ1n) is 8.44. The van der Waals surface area contributed by atoms with E-state index in [1.165, 1.54) is 40.8 Å². The van der Waals surface area contributed by atoms with Crippen LogP contribution in [0.4, 0.5) is 5.00 Å². The first-order chi connectivity index (χ1) is 11.1. The minimum atomic E-state index is 0.806. The molecule has 0 saturated heterocycles. The van der Waals surface area contributed by atoms with E-state index in [1.54, 1.807) is 11.3 Å². The number of ether oxygens (including phenoxy) is 1. The van der Waals surface area contributed by atoms with Crippen LogP contribution in [-0.4, -0.2) is 12.8 Å². The molecule has 0 N–H and O–H groups in total. The first kappa shape index (κ1) is 17.7. The van der Waals surface area contributed by atoms with Crippen molar-refractivity contribution in [1.82, 2.24) is 0 Å². The molecule has 0 bridgehead atoms. The van der Waals surface area contributed by atoms with Gasteiger partial charge in [-0.05, 0) is 68.1 Å². The third-order valence-electron chi connectivity index (χ3n) is 3.88. The van der Waals surface area contributed by atoms with E-state index in [0.717, 1.165) is 23.8 Å². The predicted molar refractivity (Wildman–Crippen MR) is 102 cm³/mol. The quantitative estimate of drug-likeness (QED) is 0.406. The van der Waals surface area contributed by atoms with E-state index in [0.29, 0.717) is 0 Å². The highest BCUT2D eigenvalue weighted by molar-refractivity contribution is 7.15. The third-order valence-corrected chi connectivity index (χ3v) is 4.79. The molecule has 0 saturated carbocycles. The molecule has 23 heavy (non-hydrogen) atoms. The third kappa shape index (κ3) is 5.51. The summed E-state index contributed by atoms with van der Waals surface area (Å²) in [4.78, 5) is 5.89. The van der Waals surface area contributed by atoms with Gasteiger partial charge in [-0.25, -0.2) is 4.99 Å². The Labute approximate surface area is 144 Å². The highest BCUT2D eigenvalue weighted by Gasteiger charge is 2.05. The summed E-state index contributed by atoms with van der Waals surface area (Å²) in [6, 6.07) is 8.41. The maximum absolute atomic E-state index is 5.89. The molecular weight excluding hydrogens is 302 g/mol. The Morgan fingerprint density at radius 1 is 1.04 bits per heavy atom. The van der Waals surface area contributed by atoms with Gasteiger partial charge in [-0.15, -0.1) is 11.3 Å². The lowest BCUT2D eigenvalue weighted by Gasteiger charge is -2.11. The van der Waals surface area contributed by atoms with Crippen LogP contribution in [0.25, 0.3) is 0 Å². The molecule has 2 aromatic rings. The van der Waals surface area contributed by atoms with Gasteiger partial charge in [0.1, 0.15) is 10.8 Å². The topological polar surface area (TPSA) is 21.6 Å². The van der Waals surface area contributed by atoms with Crippen LogP contribution in [-0.2, 0) is 0 Å². The molecule has 2 rings (SSSR count). The van der Waals surface area contributed by atoms with E-state index in [-0.39, 0.29) is 0 Å². The van der Waals surface area contributed by atoms with Gasteiger partial charge < -0.3 is 4.74 Å². The SMILES string of the molecule is CCCCCCOc1cc(C)c(/C=N/c2ccc(C)s2)c(C)c1. The van der Waals surface area contributed by atoms with Crippen LogP contribution in [0.5, 0.6) is 5.75 Å². The van der Waals surface area contributed by atoms with Gasteiger partial charge in [-0.3, -0.25) is 0 Å². The second-order valence-electron chi connectivity index (χ2n) is 6.02. The molecular formula is C20H27NOS.